The molecule has 0 aliphatic carbocycles. The van der Waals surface area contributed by atoms with Crippen LogP contribution in [0.4, 0.5) is 5.00 Å². The lowest BCUT2D eigenvalue weighted by Crippen LogP contribution is -2.36. The summed E-state index contributed by atoms with van der Waals surface area (Å²) in [5.41, 5.74) is 4.18. The first-order valence-corrected chi connectivity index (χ1v) is 9.38. The summed E-state index contributed by atoms with van der Waals surface area (Å²) >= 11 is 0.666. The Balaban J connectivity index is 2.50. The number of sulfone groups is 1. The second-order valence-electron chi connectivity index (χ2n) is 5.86. The highest BCUT2D eigenvalue weighted by atomic mass is 32.2. The molecule has 0 spiro atoms. The van der Waals surface area contributed by atoms with Crippen molar-refractivity contribution < 1.29 is 23.1 Å². The Morgan fingerprint density at radius 3 is 2.44 bits per heavy atom. The molecule has 4 N–H and O–H groups in total. The first-order chi connectivity index (χ1) is 11.4. The molecule has 0 saturated heterocycles. The lowest BCUT2D eigenvalue weighted by Gasteiger charge is -2.16. The molecule has 2 aromatic rings. The van der Waals surface area contributed by atoms with Crippen molar-refractivity contribution in [2.24, 2.45) is 5.73 Å². The van der Waals surface area contributed by atoms with E-state index in [1.165, 1.54) is 26.1 Å². The van der Waals surface area contributed by atoms with Crippen molar-refractivity contribution in [1.29, 1.82) is 0 Å². The standard InChI is InChI=1S/C15H17N3O5S2/c1-8-4-5-10(17-7-8)25(22,23)11-6-9(12(16)19)13(24-11)18-14(20)15(2,3)21/h4-7,21H,1-3H3,(H2,16,19)(H,18,20). The molecule has 2 amide bonds. The van der Waals surface area contributed by atoms with E-state index >= 15 is 0 Å². The number of primary amides is 1. The zero-order valence-corrected chi connectivity index (χ0v) is 15.4. The fourth-order valence-corrected chi connectivity index (χ4v) is 4.40. The molecule has 2 aromatic heterocycles. The van der Waals surface area contributed by atoms with Crippen LogP contribution in [0.5, 0.6) is 0 Å². The molecule has 0 unspecified atom stereocenters. The van der Waals surface area contributed by atoms with E-state index in [4.69, 9.17) is 5.73 Å². The van der Waals surface area contributed by atoms with Crippen molar-refractivity contribution in [3.63, 3.8) is 0 Å². The van der Waals surface area contributed by atoms with Gasteiger partial charge in [0.1, 0.15) is 14.8 Å². The van der Waals surface area contributed by atoms with E-state index in [-0.39, 0.29) is 19.8 Å². The summed E-state index contributed by atoms with van der Waals surface area (Å²) in [7, 11) is -3.98. The molecule has 25 heavy (non-hydrogen) atoms. The van der Waals surface area contributed by atoms with E-state index < -0.39 is 27.3 Å². The third-order valence-electron chi connectivity index (χ3n) is 3.18. The van der Waals surface area contributed by atoms with Gasteiger partial charge in [-0.3, -0.25) is 9.59 Å². The summed E-state index contributed by atoms with van der Waals surface area (Å²) in [6.07, 6.45) is 1.41. The zero-order valence-electron chi connectivity index (χ0n) is 13.7. The molecule has 134 valence electrons. The number of thiophene rings is 1. The number of nitrogens with one attached hydrogen (secondary N) is 1. The molecule has 2 heterocycles. The van der Waals surface area contributed by atoms with Crippen molar-refractivity contribution in [3.8, 4) is 0 Å². The number of amides is 2. The summed E-state index contributed by atoms with van der Waals surface area (Å²) in [5.74, 6) is -1.70. The first kappa shape index (κ1) is 19.0. The van der Waals surface area contributed by atoms with Crippen LogP contribution in [0.3, 0.4) is 0 Å². The average Bonchev–Trinajstić information content (AvgIpc) is 2.91. The minimum atomic E-state index is -3.98. The summed E-state index contributed by atoms with van der Waals surface area (Å²) in [5, 5.41) is 11.8. The number of carbonyl (C=O) groups excluding carboxylic acids is 2. The normalized spacial score (nSPS) is 12.0. The molecular weight excluding hydrogens is 366 g/mol. The van der Waals surface area contributed by atoms with Crippen LogP contribution in [-0.2, 0) is 14.6 Å². The number of pyridine rings is 1. The van der Waals surface area contributed by atoms with Gasteiger partial charge in [0.15, 0.2) is 5.03 Å². The smallest absolute Gasteiger partial charge is 0.256 e. The predicted molar refractivity (Wildman–Crippen MR) is 92.2 cm³/mol. The van der Waals surface area contributed by atoms with Crippen LogP contribution in [0, 0.1) is 6.92 Å². The number of aliphatic hydroxyl groups is 1. The molecule has 0 radical (unpaired) electrons. The summed E-state index contributed by atoms with van der Waals surface area (Å²) in [6, 6.07) is 4.03. The Morgan fingerprint density at radius 2 is 1.96 bits per heavy atom. The van der Waals surface area contributed by atoms with Crippen LogP contribution >= 0.6 is 11.3 Å². The molecule has 8 nitrogen and oxygen atoms in total. The molecule has 0 atom stereocenters. The second-order valence-corrected chi connectivity index (χ2v) is 9.04. The molecular formula is C15H17N3O5S2. The Labute approximate surface area is 148 Å². The highest BCUT2D eigenvalue weighted by Crippen LogP contribution is 2.34. The van der Waals surface area contributed by atoms with Crippen LogP contribution < -0.4 is 11.1 Å². The number of hydrogen-bond acceptors (Lipinski definition) is 7. The molecule has 10 heteroatoms. The van der Waals surface area contributed by atoms with Gasteiger partial charge in [0, 0.05) is 6.20 Å². The van der Waals surface area contributed by atoms with Gasteiger partial charge in [0.05, 0.1) is 5.56 Å². The number of nitrogens with zero attached hydrogens (tertiary/aromatic N) is 1. The van der Waals surface area contributed by atoms with Crippen molar-refractivity contribution >= 4 is 38.0 Å². The topological polar surface area (TPSA) is 139 Å². The molecule has 0 fully saturated rings. The molecule has 0 saturated carbocycles. The van der Waals surface area contributed by atoms with E-state index in [9.17, 15) is 23.1 Å². The maximum Gasteiger partial charge on any atom is 0.256 e. The predicted octanol–water partition coefficient (Wildman–Crippen LogP) is 1.09. The molecule has 2 rings (SSSR count). The number of aryl methyl sites for hydroxylation is 1. The van der Waals surface area contributed by atoms with Crippen molar-refractivity contribution in [2.45, 2.75) is 35.6 Å². The molecule has 0 aromatic carbocycles. The largest absolute Gasteiger partial charge is 0.381 e. The first-order valence-electron chi connectivity index (χ1n) is 7.08. The SMILES string of the molecule is Cc1ccc(S(=O)(=O)c2cc(C(N)=O)c(NC(=O)C(C)(C)O)s2)nc1. The minimum Gasteiger partial charge on any atom is -0.381 e. The van der Waals surface area contributed by atoms with Crippen LogP contribution in [0.25, 0.3) is 0 Å². The third-order valence-corrected chi connectivity index (χ3v) is 6.38. The highest BCUT2D eigenvalue weighted by Gasteiger charge is 2.29. The third kappa shape index (κ3) is 4.03. The summed E-state index contributed by atoms with van der Waals surface area (Å²) in [6.45, 7) is 4.28. The van der Waals surface area contributed by atoms with Gasteiger partial charge in [-0.2, -0.15) is 0 Å². The molecule has 0 bridgehead atoms. The number of rotatable bonds is 5. The minimum absolute atomic E-state index is 0.0506. The Bertz CT molecular complexity index is 925. The van der Waals surface area contributed by atoms with Gasteiger partial charge in [-0.25, -0.2) is 13.4 Å². The van der Waals surface area contributed by atoms with Gasteiger partial charge in [0.25, 0.3) is 11.8 Å². The van der Waals surface area contributed by atoms with Crippen LogP contribution in [-0.4, -0.2) is 35.9 Å². The fourth-order valence-electron chi connectivity index (χ4n) is 1.75. The Hall–Kier alpha value is -2.30. The lowest BCUT2D eigenvalue weighted by atomic mass is 10.1. The van der Waals surface area contributed by atoms with Crippen molar-refractivity contribution in [2.75, 3.05) is 5.32 Å². The maximum absolute atomic E-state index is 12.6. The van der Waals surface area contributed by atoms with Gasteiger partial charge >= 0.3 is 0 Å². The molecule has 0 aliphatic rings. The van der Waals surface area contributed by atoms with Gasteiger partial charge in [-0.15, -0.1) is 11.3 Å². The van der Waals surface area contributed by atoms with E-state index in [0.717, 1.165) is 11.6 Å². The average molecular weight is 383 g/mol. The van der Waals surface area contributed by atoms with Gasteiger partial charge in [-0.05, 0) is 38.5 Å². The van der Waals surface area contributed by atoms with E-state index in [0.29, 0.717) is 11.3 Å². The van der Waals surface area contributed by atoms with Crippen LogP contribution in [0.2, 0.25) is 0 Å². The van der Waals surface area contributed by atoms with Gasteiger partial charge in [0.2, 0.25) is 9.84 Å². The highest BCUT2D eigenvalue weighted by molar-refractivity contribution is 7.93. The van der Waals surface area contributed by atoms with Gasteiger partial charge < -0.3 is 16.2 Å². The Kier molecular flexibility index (Phi) is 4.98. The number of hydrogen-bond donors (Lipinski definition) is 3. The number of anilines is 1. The van der Waals surface area contributed by atoms with E-state index in [2.05, 4.69) is 10.3 Å². The van der Waals surface area contributed by atoms with Gasteiger partial charge in [-0.1, -0.05) is 6.07 Å². The fraction of sp³-hybridized carbons (Fsp3) is 0.267. The van der Waals surface area contributed by atoms with E-state index in [1.54, 1.807) is 13.0 Å². The lowest BCUT2D eigenvalue weighted by molar-refractivity contribution is -0.130. The maximum atomic E-state index is 12.6. The van der Waals surface area contributed by atoms with Crippen molar-refractivity contribution in [1.82, 2.24) is 4.98 Å². The van der Waals surface area contributed by atoms with Crippen LogP contribution in [0.15, 0.2) is 33.6 Å². The summed E-state index contributed by atoms with van der Waals surface area (Å²) in [4.78, 5) is 27.4. The monoisotopic (exact) mass is 383 g/mol. The van der Waals surface area contributed by atoms with Crippen LogP contribution in [0.1, 0.15) is 29.8 Å². The zero-order chi connectivity index (χ0) is 19.0. The van der Waals surface area contributed by atoms with E-state index in [1.807, 2.05) is 0 Å². The quantitative estimate of drug-likeness (QED) is 0.706. The Morgan fingerprint density at radius 1 is 1.32 bits per heavy atom. The molecule has 0 aliphatic heterocycles. The second kappa shape index (κ2) is 6.54. The number of nitrogens with two attached hydrogens (primary N) is 1. The number of aromatic nitrogens is 1. The number of carbonyl (C=O) groups is 2. The van der Waals surface area contributed by atoms with Crippen molar-refractivity contribution in [3.05, 3.63) is 35.5 Å². The summed E-state index contributed by atoms with van der Waals surface area (Å²) < 4.78 is 25.1.